The number of hydrogen-bond donors (Lipinski definition) is 3. The Kier molecular flexibility index (Phi) is 8.03. The smallest absolute Gasteiger partial charge is 0.264 e. The Labute approximate surface area is 250 Å². The van der Waals surface area contributed by atoms with Crippen LogP contribution in [0.3, 0.4) is 0 Å². The van der Waals surface area contributed by atoms with Gasteiger partial charge in [0, 0.05) is 46.2 Å². The molecule has 15 heteroatoms. The first kappa shape index (κ1) is 30.2. The molecule has 5 rings (SSSR count). The number of sulfonamides is 2. The quantitative estimate of drug-likeness (QED) is 0.264. The first-order valence-electron chi connectivity index (χ1n) is 12.6. The Balaban J connectivity index is 1.62. The minimum atomic E-state index is -4.60. The van der Waals surface area contributed by atoms with Crippen molar-refractivity contribution in [3.63, 3.8) is 0 Å². The highest BCUT2D eigenvalue weighted by Gasteiger charge is 2.46. The first-order chi connectivity index (χ1) is 20.2. The molecule has 1 aliphatic heterocycles. The second-order valence-corrected chi connectivity index (χ2v) is 13.7. The third-order valence-electron chi connectivity index (χ3n) is 6.77. The number of H-pyrrole nitrogens is 1. The molecule has 4 aromatic rings. The minimum absolute atomic E-state index is 0.0577. The first-order valence-corrected chi connectivity index (χ1v) is 16.3. The Morgan fingerprint density at radius 1 is 0.977 bits per heavy atom. The van der Waals surface area contributed by atoms with Crippen LogP contribution in [0.5, 0.6) is 0 Å². The van der Waals surface area contributed by atoms with Gasteiger partial charge in [-0.2, -0.15) is 0 Å². The maximum Gasteiger partial charge on any atom is 0.264 e. The maximum atomic E-state index is 14.8. The van der Waals surface area contributed by atoms with Gasteiger partial charge in [-0.25, -0.2) is 30.3 Å². The van der Waals surface area contributed by atoms with E-state index < -0.39 is 60.0 Å². The monoisotopic (exact) mass is 648 g/mol. The number of carbonyl (C=O) groups excluding carboxylic acids is 1. The van der Waals surface area contributed by atoms with Crippen LogP contribution in [0, 0.1) is 11.6 Å². The van der Waals surface area contributed by atoms with Crippen LogP contribution in [0.15, 0.2) is 88.7 Å². The van der Waals surface area contributed by atoms with Crippen molar-refractivity contribution < 1.29 is 30.4 Å². The van der Waals surface area contributed by atoms with E-state index in [9.17, 15) is 35.2 Å². The lowest BCUT2D eigenvalue weighted by molar-refractivity contribution is -0.120. The van der Waals surface area contributed by atoms with Crippen LogP contribution in [0.4, 0.5) is 20.2 Å². The molecule has 0 spiro atoms. The van der Waals surface area contributed by atoms with Crippen LogP contribution in [-0.4, -0.2) is 40.0 Å². The van der Waals surface area contributed by atoms with Crippen LogP contribution in [0.1, 0.15) is 22.6 Å². The number of nitrogens with one attached hydrogen (secondary N) is 3. The third-order valence-corrected chi connectivity index (χ3v) is 8.95. The topological polar surface area (TPSA) is 146 Å². The highest BCUT2D eigenvalue weighted by atomic mass is 35.5. The summed E-state index contributed by atoms with van der Waals surface area (Å²) in [6.07, 6.45) is 2.28. The number of halogens is 3. The summed E-state index contributed by atoms with van der Waals surface area (Å²) in [5.74, 6) is -3.66. The molecule has 43 heavy (non-hydrogen) atoms. The van der Waals surface area contributed by atoms with Crippen LogP contribution < -0.4 is 19.9 Å². The molecule has 224 valence electrons. The lowest BCUT2D eigenvalue weighted by atomic mass is 9.88. The van der Waals surface area contributed by atoms with Crippen molar-refractivity contribution in [2.24, 2.45) is 0 Å². The maximum absolute atomic E-state index is 14.8. The zero-order valence-electron chi connectivity index (χ0n) is 22.2. The zero-order chi connectivity index (χ0) is 31.1. The van der Waals surface area contributed by atoms with E-state index >= 15 is 0 Å². The van der Waals surface area contributed by atoms with Gasteiger partial charge in [0.05, 0.1) is 11.2 Å². The number of nitrogens with zero attached hydrogens (tertiary/aromatic N) is 1. The van der Waals surface area contributed by atoms with Gasteiger partial charge in [0.2, 0.25) is 10.0 Å². The van der Waals surface area contributed by atoms with Gasteiger partial charge in [-0.3, -0.25) is 14.3 Å². The normalized spacial score (nSPS) is 16.5. The Morgan fingerprint density at radius 2 is 1.74 bits per heavy atom. The lowest BCUT2D eigenvalue weighted by Crippen LogP contribution is -2.49. The van der Waals surface area contributed by atoms with Crippen LogP contribution in [-0.2, 0) is 31.4 Å². The summed E-state index contributed by atoms with van der Waals surface area (Å²) in [4.78, 5) is 30.5. The number of anilines is 2. The van der Waals surface area contributed by atoms with Crippen LogP contribution in [0.25, 0.3) is 0 Å². The van der Waals surface area contributed by atoms with E-state index in [1.165, 1.54) is 47.5 Å². The summed E-state index contributed by atoms with van der Waals surface area (Å²) in [6, 6.07) is 13.7. The number of rotatable bonds is 8. The fraction of sp³-hybridized carbons (Fsp3) is 0.143. The SMILES string of the molecule is CS(=O)(=O)Nc1cccc(S(=O)(=O)NC(=O)C2C(c3ccc[nH]c3=O)c3cc(Cl)ccc3N2Cc2cc(F)ccc2F)c1. The van der Waals surface area contributed by atoms with Crippen molar-refractivity contribution in [1.82, 2.24) is 9.71 Å². The standard InChI is InChI=1S/C28H23ClF2N4O6S2/c1-42(38,39)33-19-4-2-5-20(14-19)43(40,41)34-28(37)26-25(21-6-3-11-32-27(21)36)22-13-17(29)7-10-24(22)35(26)15-16-12-18(30)8-9-23(16)31/h2-14,25-26,33H,15H2,1H3,(H,32,36)(H,34,37). The van der Waals surface area contributed by atoms with Gasteiger partial charge >= 0.3 is 0 Å². The second-order valence-electron chi connectivity index (χ2n) is 9.82. The molecule has 3 aromatic carbocycles. The molecule has 0 saturated heterocycles. The van der Waals surface area contributed by atoms with Gasteiger partial charge < -0.3 is 9.88 Å². The summed E-state index contributed by atoms with van der Waals surface area (Å²) in [6.45, 7) is -0.370. The Morgan fingerprint density at radius 3 is 2.47 bits per heavy atom. The van der Waals surface area contributed by atoms with Gasteiger partial charge in [0.25, 0.3) is 21.5 Å². The number of aromatic amines is 1. The van der Waals surface area contributed by atoms with E-state index in [4.69, 9.17) is 11.6 Å². The highest BCUT2D eigenvalue weighted by Crippen LogP contribution is 2.46. The van der Waals surface area contributed by atoms with Gasteiger partial charge in [-0.15, -0.1) is 0 Å². The molecule has 2 atom stereocenters. The number of aromatic nitrogens is 1. The highest BCUT2D eigenvalue weighted by molar-refractivity contribution is 7.92. The zero-order valence-corrected chi connectivity index (χ0v) is 24.6. The summed E-state index contributed by atoms with van der Waals surface area (Å²) in [7, 11) is -8.34. The average Bonchev–Trinajstić information content (AvgIpc) is 3.23. The molecule has 1 amide bonds. The summed E-state index contributed by atoms with van der Waals surface area (Å²) in [5.41, 5.74) is 0.0973. The van der Waals surface area contributed by atoms with Crippen LogP contribution in [0.2, 0.25) is 5.02 Å². The van der Waals surface area contributed by atoms with Crippen molar-refractivity contribution >= 4 is 48.9 Å². The van der Waals surface area contributed by atoms with Gasteiger partial charge in [0.15, 0.2) is 0 Å². The second kappa shape index (κ2) is 11.4. The molecule has 0 saturated carbocycles. The Bertz CT molecular complexity index is 2020. The number of pyridine rings is 1. The molecule has 10 nitrogen and oxygen atoms in total. The minimum Gasteiger partial charge on any atom is -0.354 e. The largest absolute Gasteiger partial charge is 0.354 e. The number of amides is 1. The van der Waals surface area contributed by atoms with E-state index in [0.717, 1.165) is 36.6 Å². The van der Waals surface area contributed by atoms with Gasteiger partial charge in [-0.1, -0.05) is 23.7 Å². The molecule has 3 N–H and O–H groups in total. The van der Waals surface area contributed by atoms with E-state index in [0.29, 0.717) is 11.3 Å². The number of carbonyl (C=O) groups is 1. The Hall–Kier alpha value is -4.27. The number of fused-ring (bicyclic) bond motifs is 1. The molecule has 2 unspecified atom stereocenters. The summed E-state index contributed by atoms with van der Waals surface area (Å²) < 4.78 is 83.2. The molecule has 0 fully saturated rings. The fourth-order valence-electron chi connectivity index (χ4n) is 5.07. The molecule has 0 bridgehead atoms. The van der Waals surface area contributed by atoms with Crippen molar-refractivity contribution in [1.29, 1.82) is 0 Å². The molecule has 0 radical (unpaired) electrons. The van der Waals surface area contributed by atoms with E-state index in [-0.39, 0.29) is 28.4 Å². The lowest BCUT2D eigenvalue weighted by Gasteiger charge is -2.29. The number of benzene rings is 3. The molecule has 2 heterocycles. The third kappa shape index (κ3) is 6.40. The van der Waals surface area contributed by atoms with E-state index in [1.54, 1.807) is 6.07 Å². The summed E-state index contributed by atoms with van der Waals surface area (Å²) >= 11 is 6.29. The van der Waals surface area contributed by atoms with Crippen molar-refractivity contribution in [3.8, 4) is 0 Å². The van der Waals surface area contributed by atoms with Gasteiger partial charge in [0.1, 0.15) is 17.7 Å². The molecular weight excluding hydrogens is 626 g/mol. The number of hydrogen-bond acceptors (Lipinski definition) is 7. The van der Waals surface area contributed by atoms with Crippen molar-refractivity contribution in [3.05, 3.63) is 123 Å². The predicted molar refractivity (Wildman–Crippen MR) is 157 cm³/mol. The van der Waals surface area contributed by atoms with Crippen molar-refractivity contribution in [2.75, 3.05) is 15.9 Å². The molecule has 0 aliphatic carbocycles. The van der Waals surface area contributed by atoms with Gasteiger partial charge in [-0.05, 0) is 66.2 Å². The average molecular weight is 649 g/mol. The van der Waals surface area contributed by atoms with Crippen LogP contribution >= 0.6 is 11.6 Å². The van der Waals surface area contributed by atoms with Crippen molar-refractivity contribution in [2.45, 2.75) is 23.4 Å². The molecular formula is C28H23ClF2N4O6S2. The van der Waals surface area contributed by atoms with E-state index in [2.05, 4.69) is 9.71 Å². The molecule has 1 aliphatic rings. The predicted octanol–water partition coefficient (Wildman–Crippen LogP) is 3.70. The fourth-order valence-corrected chi connectivity index (χ4v) is 6.85. The molecule has 1 aromatic heterocycles. The summed E-state index contributed by atoms with van der Waals surface area (Å²) in [5, 5.41) is 0.261. The van der Waals surface area contributed by atoms with E-state index in [1.807, 2.05) is 4.72 Å².